The van der Waals surface area contributed by atoms with Gasteiger partial charge in [-0.1, -0.05) is 42.5 Å². The lowest BCUT2D eigenvalue weighted by Crippen LogP contribution is -2.13. The number of anilines is 1. The number of hydrogen-bond donors (Lipinski definition) is 1. The van der Waals surface area contributed by atoms with Crippen molar-refractivity contribution in [2.45, 2.75) is 33.1 Å². The van der Waals surface area contributed by atoms with E-state index in [1.54, 1.807) is 24.3 Å². The normalized spacial score (nSPS) is 10.2. The molecule has 2 aromatic rings. The van der Waals surface area contributed by atoms with Crippen molar-refractivity contribution in [1.82, 2.24) is 0 Å². The Morgan fingerprint density at radius 1 is 0.917 bits per heavy atom. The maximum Gasteiger partial charge on any atom is 0.224 e. The lowest BCUT2D eigenvalue weighted by Gasteiger charge is -2.09. The summed E-state index contributed by atoms with van der Waals surface area (Å²) in [4.78, 5) is 35.5. The van der Waals surface area contributed by atoms with E-state index < -0.39 is 0 Å². The third kappa shape index (κ3) is 4.88. The van der Waals surface area contributed by atoms with Crippen LogP contribution in [0.3, 0.4) is 0 Å². The molecule has 1 amide bonds. The fourth-order valence-corrected chi connectivity index (χ4v) is 2.37. The highest BCUT2D eigenvalue weighted by Gasteiger charge is 2.10. The van der Waals surface area contributed by atoms with Crippen LogP contribution in [0.25, 0.3) is 0 Å². The minimum atomic E-state index is -0.153. The minimum Gasteiger partial charge on any atom is -0.326 e. The average Bonchev–Trinajstić information content (AvgIpc) is 2.57. The molecule has 0 aliphatic rings. The standard InChI is InChI=1S/C20H21NO3/c1-14-11-12-17(15(2)22)13-18(14)21-20(24)10-6-9-19(23)16-7-4-3-5-8-16/h3-5,7-8,11-13H,6,9-10H2,1-2H3,(H,21,24). The highest BCUT2D eigenvalue weighted by molar-refractivity contribution is 5.98. The largest absolute Gasteiger partial charge is 0.326 e. The van der Waals surface area contributed by atoms with E-state index in [-0.39, 0.29) is 23.9 Å². The summed E-state index contributed by atoms with van der Waals surface area (Å²) in [6.07, 6.45) is 1.09. The summed E-state index contributed by atoms with van der Waals surface area (Å²) < 4.78 is 0. The van der Waals surface area contributed by atoms with Crippen LogP contribution in [0.5, 0.6) is 0 Å². The smallest absolute Gasteiger partial charge is 0.224 e. The number of ketones is 2. The van der Waals surface area contributed by atoms with Gasteiger partial charge in [0.25, 0.3) is 0 Å². The maximum absolute atomic E-state index is 12.1. The van der Waals surface area contributed by atoms with E-state index in [0.29, 0.717) is 29.7 Å². The molecule has 1 N–H and O–H groups in total. The van der Waals surface area contributed by atoms with Crippen molar-refractivity contribution in [2.75, 3.05) is 5.32 Å². The summed E-state index contributed by atoms with van der Waals surface area (Å²) in [6, 6.07) is 14.3. The Bertz CT molecular complexity index is 751. The summed E-state index contributed by atoms with van der Waals surface area (Å²) >= 11 is 0. The van der Waals surface area contributed by atoms with Gasteiger partial charge in [0.15, 0.2) is 11.6 Å². The molecule has 0 atom stereocenters. The first-order valence-electron chi connectivity index (χ1n) is 7.97. The van der Waals surface area contributed by atoms with Crippen LogP contribution in [-0.2, 0) is 4.79 Å². The lowest BCUT2D eigenvalue weighted by atomic mass is 10.0. The number of rotatable bonds is 7. The van der Waals surface area contributed by atoms with Gasteiger partial charge in [-0.2, -0.15) is 0 Å². The minimum absolute atomic E-state index is 0.0400. The predicted octanol–water partition coefficient (Wildman–Crippen LogP) is 4.19. The van der Waals surface area contributed by atoms with Gasteiger partial charge >= 0.3 is 0 Å². The van der Waals surface area contributed by atoms with Gasteiger partial charge in [-0.3, -0.25) is 14.4 Å². The Morgan fingerprint density at radius 2 is 1.62 bits per heavy atom. The monoisotopic (exact) mass is 323 g/mol. The van der Waals surface area contributed by atoms with Gasteiger partial charge in [-0.05, 0) is 31.9 Å². The van der Waals surface area contributed by atoms with E-state index in [1.165, 1.54) is 6.92 Å². The molecule has 124 valence electrons. The highest BCUT2D eigenvalue weighted by atomic mass is 16.1. The summed E-state index contributed by atoms with van der Waals surface area (Å²) in [5.41, 5.74) is 2.77. The summed E-state index contributed by atoms with van der Waals surface area (Å²) in [6.45, 7) is 3.36. The van der Waals surface area contributed by atoms with Crippen LogP contribution in [0, 0.1) is 6.92 Å². The Balaban J connectivity index is 1.87. The zero-order valence-electron chi connectivity index (χ0n) is 14.0. The van der Waals surface area contributed by atoms with E-state index in [0.717, 1.165) is 5.56 Å². The van der Waals surface area contributed by atoms with Crippen LogP contribution >= 0.6 is 0 Å². The third-order valence-corrected chi connectivity index (χ3v) is 3.82. The first-order chi connectivity index (χ1) is 11.5. The third-order valence-electron chi connectivity index (χ3n) is 3.82. The van der Waals surface area contributed by atoms with E-state index in [2.05, 4.69) is 5.32 Å². The van der Waals surface area contributed by atoms with Gasteiger partial charge in [0.1, 0.15) is 0 Å². The van der Waals surface area contributed by atoms with Crippen molar-refractivity contribution in [3.63, 3.8) is 0 Å². The van der Waals surface area contributed by atoms with Gasteiger partial charge in [-0.15, -0.1) is 0 Å². The van der Waals surface area contributed by atoms with E-state index in [4.69, 9.17) is 0 Å². The van der Waals surface area contributed by atoms with Crippen molar-refractivity contribution in [3.05, 3.63) is 65.2 Å². The molecule has 0 heterocycles. The molecule has 0 unspecified atom stereocenters. The molecule has 0 saturated carbocycles. The van der Waals surface area contributed by atoms with Crippen LogP contribution in [0.2, 0.25) is 0 Å². The number of amides is 1. The first kappa shape index (κ1) is 17.6. The molecule has 0 aromatic heterocycles. The Morgan fingerprint density at radius 3 is 2.29 bits per heavy atom. The maximum atomic E-state index is 12.1. The topological polar surface area (TPSA) is 63.2 Å². The van der Waals surface area contributed by atoms with Crippen LogP contribution in [0.15, 0.2) is 48.5 Å². The number of aryl methyl sites for hydroxylation is 1. The molecule has 0 aliphatic heterocycles. The number of nitrogens with one attached hydrogen (secondary N) is 1. The van der Waals surface area contributed by atoms with E-state index in [9.17, 15) is 14.4 Å². The number of Topliss-reactive ketones (excluding diaryl/α,β-unsaturated/α-hetero) is 2. The van der Waals surface area contributed by atoms with E-state index >= 15 is 0 Å². The summed E-state index contributed by atoms with van der Waals surface area (Å²) in [7, 11) is 0. The van der Waals surface area contributed by atoms with Gasteiger partial charge in [0.05, 0.1) is 0 Å². The second-order valence-electron chi connectivity index (χ2n) is 5.78. The predicted molar refractivity (Wildman–Crippen MR) is 94.4 cm³/mol. The van der Waals surface area contributed by atoms with Crippen molar-refractivity contribution < 1.29 is 14.4 Å². The molecule has 0 bridgehead atoms. The van der Waals surface area contributed by atoms with E-state index in [1.807, 2.05) is 31.2 Å². The fourth-order valence-electron chi connectivity index (χ4n) is 2.37. The molecule has 4 nitrogen and oxygen atoms in total. The summed E-state index contributed by atoms with van der Waals surface area (Å²) in [5, 5.41) is 2.82. The van der Waals surface area contributed by atoms with Crippen LogP contribution < -0.4 is 5.32 Å². The Kier molecular flexibility index (Phi) is 6.01. The van der Waals surface area contributed by atoms with Crippen molar-refractivity contribution in [1.29, 1.82) is 0 Å². The first-order valence-corrected chi connectivity index (χ1v) is 7.97. The Hall–Kier alpha value is -2.75. The number of hydrogen-bond acceptors (Lipinski definition) is 3. The average molecular weight is 323 g/mol. The Labute approximate surface area is 141 Å². The SMILES string of the molecule is CC(=O)c1ccc(C)c(NC(=O)CCCC(=O)c2ccccc2)c1. The molecule has 24 heavy (non-hydrogen) atoms. The van der Waals surface area contributed by atoms with Gasteiger partial charge in [0.2, 0.25) is 5.91 Å². The van der Waals surface area contributed by atoms with Crippen molar-refractivity contribution in [3.8, 4) is 0 Å². The molecule has 0 aliphatic carbocycles. The highest BCUT2D eigenvalue weighted by Crippen LogP contribution is 2.18. The molecule has 0 radical (unpaired) electrons. The van der Waals surface area contributed by atoms with Gasteiger partial charge < -0.3 is 5.32 Å². The second-order valence-corrected chi connectivity index (χ2v) is 5.78. The molecule has 0 fully saturated rings. The quantitative estimate of drug-likeness (QED) is 0.777. The van der Waals surface area contributed by atoms with Crippen LogP contribution in [0.4, 0.5) is 5.69 Å². The van der Waals surface area contributed by atoms with Gasteiger partial charge in [-0.25, -0.2) is 0 Å². The molecule has 0 saturated heterocycles. The summed E-state index contributed by atoms with van der Waals surface area (Å²) in [5.74, 6) is -0.156. The number of carbonyl (C=O) groups is 3. The molecule has 0 spiro atoms. The molecular weight excluding hydrogens is 302 g/mol. The molecule has 4 heteroatoms. The van der Waals surface area contributed by atoms with Crippen molar-refractivity contribution >= 4 is 23.2 Å². The lowest BCUT2D eigenvalue weighted by molar-refractivity contribution is -0.116. The second kappa shape index (κ2) is 8.20. The molecule has 2 rings (SSSR count). The molecule has 2 aromatic carbocycles. The number of carbonyl (C=O) groups excluding carboxylic acids is 3. The number of benzene rings is 2. The fraction of sp³-hybridized carbons (Fsp3) is 0.250. The van der Waals surface area contributed by atoms with Gasteiger partial charge in [0, 0.05) is 29.7 Å². The zero-order chi connectivity index (χ0) is 17.5. The molecular formula is C20H21NO3. The van der Waals surface area contributed by atoms with Crippen LogP contribution in [0.1, 0.15) is 52.5 Å². The van der Waals surface area contributed by atoms with Crippen molar-refractivity contribution in [2.24, 2.45) is 0 Å². The zero-order valence-corrected chi connectivity index (χ0v) is 14.0. The van der Waals surface area contributed by atoms with Crippen LogP contribution in [-0.4, -0.2) is 17.5 Å².